The molecule has 0 bridgehead atoms. The number of aryl methyl sites for hydroxylation is 1. The zero-order valence-electron chi connectivity index (χ0n) is 6.97. The number of allylic oxidation sites excluding steroid dienone is 1. The van der Waals surface area contributed by atoms with Crippen LogP contribution in [-0.4, -0.2) is 10.2 Å². The molecule has 1 N–H and O–H groups in total. The lowest BCUT2D eigenvalue weighted by Gasteiger charge is -1.95. The van der Waals surface area contributed by atoms with Crippen LogP contribution in [0.5, 0.6) is 0 Å². The molecule has 66 valence electrons. The van der Waals surface area contributed by atoms with E-state index in [9.17, 15) is 0 Å². The molecular weight excluding hydrogens is 186 g/mol. The molecule has 0 radical (unpaired) electrons. The van der Waals surface area contributed by atoms with Crippen LogP contribution >= 0.6 is 11.6 Å². The quantitative estimate of drug-likeness (QED) is 0.687. The zero-order valence-corrected chi connectivity index (χ0v) is 7.73. The van der Waals surface area contributed by atoms with Crippen LogP contribution in [0.25, 0.3) is 5.03 Å². The molecule has 4 heteroatoms. The van der Waals surface area contributed by atoms with E-state index in [1.54, 1.807) is 6.20 Å². The van der Waals surface area contributed by atoms with Gasteiger partial charge in [0.1, 0.15) is 0 Å². The van der Waals surface area contributed by atoms with E-state index in [0.29, 0.717) is 10.6 Å². The SMILES string of the molecule is N#CC1=C(Cl)c2c[nH]nc2CCC1. The average molecular weight is 194 g/mol. The van der Waals surface area contributed by atoms with E-state index in [-0.39, 0.29) is 0 Å². The Hall–Kier alpha value is -1.27. The third-order valence-electron chi connectivity index (χ3n) is 2.20. The monoisotopic (exact) mass is 193 g/mol. The maximum Gasteiger partial charge on any atom is 0.0962 e. The molecule has 13 heavy (non-hydrogen) atoms. The van der Waals surface area contributed by atoms with Gasteiger partial charge in [-0.25, -0.2) is 0 Å². The minimum absolute atomic E-state index is 0.559. The molecule has 0 spiro atoms. The minimum atomic E-state index is 0.559. The van der Waals surface area contributed by atoms with Crippen molar-refractivity contribution in [2.24, 2.45) is 0 Å². The van der Waals surface area contributed by atoms with Gasteiger partial charge in [-0.05, 0) is 19.3 Å². The molecule has 0 amide bonds. The van der Waals surface area contributed by atoms with Gasteiger partial charge in [-0.1, -0.05) is 11.6 Å². The zero-order chi connectivity index (χ0) is 9.26. The Kier molecular flexibility index (Phi) is 2.07. The molecule has 1 aliphatic carbocycles. The van der Waals surface area contributed by atoms with Crippen molar-refractivity contribution in [3.05, 3.63) is 23.0 Å². The van der Waals surface area contributed by atoms with Gasteiger partial charge in [0.2, 0.25) is 0 Å². The molecule has 2 rings (SSSR count). The summed E-state index contributed by atoms with van der Waals surface area (Å²) in [6.45, 7) is 0. The fourth-order valence-corrected chi connectivity index (χ4v) is 1.81. The largest absolute Gasteiger partial charge is 0.285 e. The number of rotatable bonds is 0. The van der Waals surface area contributed by atoms with Crippen molar-refractivity contribution in [1.82, 2.24) is 10.2 Å². The Morgan fingerprint density at radius 3 is 3.15 bits per heavy atom. The molecular formula is C9H8ClN3. The molecule has 1 aliphatic rings. The van der Waals surface area contributed by atoms with Crippen LogP contribution < -0.4 is 0 Å². The predicted octanol–water partition coefficient (Wildman–Crippen LogP) is 2.22. The van der Waals surface area contributed by atoms with Gasteiger partial charge in [0.05, 0.1) is 16.8 Å². The molecule has 1 aromatic heterocycles. The summed E-state index contributed by atoms with van der Waals surface area (Å²) in [6.07, 6.45) is 4.34. The van der Waals surface area contributed by atoms with Crippen LogP contribution in [0.15, 0.2) is 11.8 Å². The standard InChI is InChI=1S/C9H8ClN3/c10-9-6(4-11)2-1-3-8-7(9)5-12-13-8/h5H,1-3H2,(H,12,13). The average Bonchev–Trinajstić information content (AvgIpc) is 2.54. The van der Waals surface area contributed by atoms with E-state index in [0.717, 1.165) is 30.5 Å². The molecule has 0 unspecified atom stereocenters. The lowest BCUT2D eigenvalue weighted by molar-refractivity contribution is 0.805. The number of aromatic amines is 1. The van der Waals surface area contributed by atoms with E-state index in [2.05, 4.69) is 16.3 Å². The van der Waals surface area contributed by atoms with E-state index in [1.165, 1.54) is 0 Å². The first-order chi connectivity index (χ1) is 6.33. The summed E-state index contributed by atoms with van der Waals surface area (Å²) in [6, 6.07) is 2.13. The Balaban J connectivity index is 2.56. The molecule has 0 atom stereocenters. The first-order valence-electron chi connectivity index (χ1n) is 4.14. The van der Waals surface area contributed by atoms with Crippen LogP contribution in [-0.2, 0) is 6.42 Å². The highest BCUT2D eigenvalue weighted by atomic mass is 35.5. The predicted molar refractivity (Wildman–Crippen MR) is 49.9 cm³/mol. The maximum absolute atomic E-state index is 8.83. The highest BCUT2D eigenvalue weighted by Gasteiger charge is 2.17. The second kappa shape index (κ2) is 3.23. The van der Waals surface area contributed by atoms with Crippen molar-refractivity contribution in [2.75, 3.05) is 0 Å². The maximum atomic E-state index is 8.83. The Labute approximate surface area is 81.0 Å². The van der Waals surface area contributed by atoms with Crippen molar-refractivity contribution >= 4 is 16.6 Å². The highest BCUT2D eigenvalue weighted by Crippen LogP contribution is 2.31. The van der Waals surface area contributed by atoms with Crippen LogP contribution in [0.2, 0.25) is 0 Å². The number of H-pyrrole nitrogens is 1. The number of hydrogen-bond acceptors (Lipinski definition) is 2. The number of nitriles is 1. The van der Waals surface area contributed by atoms with Gasteiger partial charge in [-0.2, -0.15) is 10.4 Å². The molecule has 0 fully saturated rings. The molecule has 0 aromatic carbocycles. The summed E-state index contributed by atoms with van der Waals surface area (Å²) in [4.78, 5) is 0. The number of nitrogens with zero attached hydrogens (tertiary/aromatic N) is 2. The van der Waals surface area contributed by atoms with Gasteiger partial charge in [0.15, 0.2) is 0 Å². The summed E-state index contributed by atoms with van der Waals surface area (Å²) >= 11 is 6.06. The van der Waals surface area contributed by atoms with E-state index in [1.807, 2.05) is 0 Å². The van der Waals surface area contributed by atoms with Crippen LogP contribution in [0, 0.1) is 11.3 Å². The van der Waals surface area contributed by atoms with Gasteiger partial charge in [-0.3, -0.25) is 5.10 Å². The minimum Gasteiger partial charge on any atom is -0.285 e. The van der Waals surface area contributed by atoms with Crippen molar-refractivity contribution in [2.45, 2.75) is 19.3 Å². The third kappa shape index (κ3) is 1.34. The van der Waals surface area contributed by atoms with Crippen molar-refractivity contribution in [1.29, 1.82) is 5.26 Å². The Morgan fingerprint density at radius 1 is 1.54 bits per heavy atom. The van der Waals surface area contributed by atoms with Crippen LogP contribution in [0.3, 0.4) is 0 Å². The summed E-state index contributed by atoms with van der Waals surface area (Å²) in [5.41, 5.74) is 2.52. The van der Waals surface area contributed by atoms with Gasteiger partial charge >= 0.3 is 0 Å². The number of fused-ring (bicyclic) bond motifs is 1. The summed E-state index contributed by atoms with van der Waals surface area (Å²) < 4.78 is 0. The fraction of sp³-hybridized carbons (Fsp3) is 0.333. The van der Waals surface area contributed by atoms with E-state index < -0.39 is 0 Å². The molecule has 3 nitrogen and oxygen atoms in total. The molecule has 1 aromatic rings. The number of aromatic nitrogens is 2. The smallest absolute Gasteiger partial charge is 0.0962 e. The lowest BCUT2D eigenvalue weighted by Crippen LogP contribution is -1.85. The van der Waals surface area contributed by atoms with E-state index in [4.69, 9.17) is 16.9 Å². The van der Waals surface area contributed by atoms with Gasteiger partial charge in [-0.15, -0.1) is 0 Å². The van der Waals surface area contributed by atoms with Crippen LogP contribution in [0.4, 0.5) is 0 Å². The van der Waals surface area contributed by atoms with Crippen molar-refractivity contribution < 1.29 is 0 Å². The van der Waals surface area contributed by atoms with Crippen molar-refractivity contribution in [3.63, 3.8) is 0 Å². The number of hydrogen-bond donors (Lipinski definition) is 1. The Morgan fingerprint density at radius 2 is 2.38 bits per heavy atom. The molecule has 0 saturated heterocycles. The first-order valence-corrected chi connectivity index (χ1v) is 4.52. The highest BCUT2D eigenvalue weighted by molar-refractivity contribution is 6.49. The number of nitrogens with one attached hydrogen (secondary N) is 1. The summed E-state index contributed by atoms with van der Waals surface area (Å²) in [5, 5.41) is 16.2. The lowest BCUT2D eigenvalue weighted by atomic mass is 10.1. The Bertz CT molecular complexity index is 397. The van der Waals surface area contributed by atoms with Gasteiger partial charge < -0.3 is 0 Å². The first kappa shape index (κ1) is 8.33. The van der Waals surface area contributed by atoms with Gasteiger partial charge in [0.25, 0.3) is 0 Å². The number of halogens is 1. The van der Waals surface area contributed by atoms with E-state index >= 15 is 0 Å². The van der Waals surface area contributed by atoms with Gasteiger partial charge in [0, 0.05) is 17.3 Å². The second-order valence-electron chi connectivity index (χ2n) is 3.00. The molecule has 0 saturated carbocycles. The third-order valence-corrected chi connectivity index (χ3v) is 2.63. The topological polar surface area (TPSA) is 52.5 Å². The van der Waals surface area contributed by atoms with Crippen LogP contribution in [0.1, 0.15) is 24.1 Å². The normalized spacial score (nSPS) is 16.3. The summed E-state index contributed by atoms with van der Waals surface area (Å²) in [5.74, 6) is 0. The van der Waals surface area contributed by atoms with Crippen molar-refractivity contribution in [3.8, 4) is 6.07 Å². The molecule has 1 heterocycles. The fourth-order valence-electron chi connectivity index (χ4n) is 1.51. The second-order valence-corrected chi connectivity index (χ2v) is 3.38. The molecule has 0 aliphatic heterocycles. The summed E-state index contributed by atoms with van der Waals surface area (Å²) in [7, 11) is 0.